The second kappa shape index (κ2) is 5.43. The molecule has 4 nitrogen and oxygen atoms in total. The van der Waals surface area contributed by atoms with Crippen molar-refractivity contribution in [1.29, 1.82) is 0 Å². The molecule has 2 atom stereocenters. The molecule has 0 aromatic heterocycles. The van der Waals surface area contributed by atoms with E-state index >= 15 is 0 Å². The summed E-state index contributed by atoms with van der Waals surface area (Å²) in [5, 5.41) is 0. The number of esters is 1. The number of hydrogen-bond donors (Lipinski definition) is 0. The standard InChI is InChI=1S/C18H22O4/c1-13-7-10-18(21-3)12-17(13,16(19)22-18)9-8-14-5-4-6-15(11-14)20-2/h4-7,11H,8-10,12H2,1-3H3. The van der Waals surface area contributed by atoms with Gasteiger partial charge in [-0.3, -0.25) is 4.79 Å². The molecule has 2 aliphatic rings. The minimum Gasteiger partial charge on any atom is -0.497 e. The molecule has 0 N–H and O–H groups in total. The molecule has 0 radical (unpaired) electrons. The van der Waals surface area contributed by atoms with E-state index < -0.39 is 11.2 Å². The average molecular weight is 302 g/mol. The molecule has 1 fully saturated rings. The lowest BCUT2D eigenvalue weighted by molar-refractivity contribution is -0.199. The van der Waals surface area contributed by atoms with Crippen LogP contribution in [-0.4, -0.2) is 26.0 Å². The van der Waals surface area contributed by atoms with Crippen molar-refractivity contribution in [3.05, 3.63) is 41.5 Å². The maximum atomic E-state index is 12.5. The second-order valence-corrected chi connectivity index (χ2v) is 6.21. The van der Waals surface area contributed by atoms with Gasteiger partial charge in [0.1, 0.15) is 5.75 Å². The van der Waals surface area contributed by atoms with Gasteiger partial charge in [0, 0.05) is 20.0 Å². The van der Waals surface area contributed by atoms with Gasteiger partial charge in [0.15, 0.2) is 0 Å². The number of fused-ring (bicyclic) bond motifs is 2. The van der Waals surface area contributed by atoms with Crippen LogP contribution >= 0.6 is 0 Å². The van der Waals surface area contributed by atoms with E-state index in [0.29, 0.717) is 12.8 Å². The number of carbonyl (C=O) groups is 1. The first-order valence-electron chi connectivity index (χ1n) is 7.62. The molecule has 0 saturated carbocycles. The smallest absolute Gasteiger partial charge is 0.318 e. The Morgan fingerprint density at radius 2 is 2.14 bits per heavy atom. The zero-order valence-corrected chi connectivity index (χ0v) is 13.3. The Bertz CT molecular complexity index is 621. The second-order valence-electron chi connectivity index (χ2n) is 6.21. The summed E-state index contributed by atoms with van der Waals surface area (Å²) in [6, 6.07) is 7.97. The summed E-state index contributed by atoms with van der Waals surface area (Å²) in [6.07, 6.45) is 4.87. The Kier molecular flexibility index (Phi) is 3.73. The third-order valence-electron chi connectivity index (χ3n) is 5.06. The van der Waals surface area contributed by atoms with Crippen LogP contribution in [0.5, 0.6) is 5.75 Å². The highest BCUT2D eigenvalue weighted by atomic mass is 16.7. The van der Waals surface area contributed by atoms with Crippen molar-refractivity contribution in [1.82, 2.24) is 0 Å². The van der Waals surface area contributed by atoms with Crippen LogP contribution in [0.25, 0.3) is 0 Å². The van der Waals surface area contributed by atoms with Crippen LogP contribution in [0.3, 0.4) is 0 Å². The molecule has 1 aliphatic heterocycles. The van der Waals surface area contributed by atoms with Crippen LogP contribution in [0, 0.1) is 5.41 Å². The molecule has 2 bridgehead atoms. The quantitative estimate of drug-likeness (QED) is 0.618. The highest BCUT2D eigenvalue weighted by molar-refractivity contribution is 5.84. The molecule has 0 amide bonds. The molecule has 118 valence electrons. The molecule has 22 heavy (non-hydrogen) atoms. The number of hydrogen-bond acceptors (Lipinski definition) is 4. The molecular formula is C18H22O4. The van der Waals surface area contributed by atoms with E-state index in [2.05, 4.69) is 12.1 Å². The van der Waals surface area contributed by atoms with Gasteiger partial charge in [-0.05, 0) is 37.5 Å². The number of methoxy groups -OCH3 is 2. The maximum Gasteiger partial charge on any atom is 0.318 e. The Balaban J connectivity index is 1.82. The SMILES string of the molecule is COc1cccc(CCC23CC(OC)(CC=C2C)OC3=O)c1. The molecule has 1 saturated heterocycles. The van der Waals surface area contributed by atoms with Crippen LogP contribution in [0.15, 0.2) is 35.9 Å². The zero-order chi connectivity index (χ0) is 15.8. The molecule has 4 heteroatoms. The summed E-state index contributed by atoms with van der Waals surface area (Å²) >= 11 is 0. The molecule has 3 rings (SSSR count). The number of carbonyl (C=O) groups excluding carboxylic acids is 1. The van der Waals surface area contributed by atoms with Gasteiger partial charge in [0.05, 0.1) is 12.5 Å². The number of aryl methyl sites for hydroxylation is 1. The van der Waals surface area contributed by atoms with Gasteiger partial charge in [-0.2, -0.15) is 0 Å². The topological polar surface area (TPSA) is 44.8 Å². The number of benzene rings is 1. The Morgan fingerprint density at radius 3 is 2.86 bits per heavy atom. The Morgan fingerprint density at radius 1 is 1.32 bits per heavy atom. The van der Waals surface area contributed by atoms with E-state index in [4.69, 9.17) is 14.2 Å². The van der Waals surface area contributed by atoms with Crippen molar-refractivity contribution >= 4 is 5.97 Å². The third kappa shape index (κ3) is 2.31. The number of ether oxygens (including phenoxy) is 3. The zero-order valence-electron chi connectivity index (χ0n) is 13.3. The fourth-order valence-corrected chi connectivity index (χ4v) is 3.52. The van der Waals surface area contributed by atoms with Crippen molar-refractivity contribution in [2.45, 2.75) is 38.4 Å². The molecule has 1 heterocycles. The number of rotatable bonds is 5. The summed E-state index contributed by atoms with van der Waals surface area (Å²) in [5.41, 5.74) is 1.72. The predicted molar refractivity (Wildman–Crippen MR) is 82.6 cm³/mol. The first-order valence-corrected chi connectivity index (χ1v) is 7.62. The van der Waals surface area contributed by atoms with E-state index in [0.717, 1.165) is 29.7 Å². The minimum atomic E-state index is -0.759. The first kappa shape index (κ1) is 15.1. The fraction of sp³-hybridized carbons (Fsp3) is 0.500. The lowest BCUT2D eigenvalue weighted by Crippen LogP contribution is -2.35. The third-order valence-corrected chi connectivity index (χ3v) is 5.06. The van der Waals surface area contributed by atoms with E-state index in [1.807, 2.05) is 25.1 Å². The van der Waals surface area contributed by atoms with Crippen LogP contribution in [0.1, 0.15) is 31.7 Å². The van der Waals surface area contributed by atoms with Crippen LogP contribution < -0.4 is 4.74 Å². The average Bonchev–Trinajstić information content (AvgIpc) is 2.80. The fourth-order valence-electron chi connectivity index (χ4n) is 3.52. The monoisotopic (exact) mass is 302 g/mol. The molecule has 1 aromatic rings. The van der Waals surface area contributed by atoms with Crippen molar-refractivity contribution < 1.29 is 19.0 Å². The molecule has 1 aliphatic carbocycles. The Labute approximate surface area is 131 Å². The van der Waals surface area contributed by atoms with Gasteiger partial charge >= 0.3 is 5.97 Å². The lowest BCUT2D eigenvalue weighted by atomic mass is 9.70. The van der Waals surface area contributed by atoms with Crippen molar-refractivity contribution in [2.75, 3.05) is 14.2 Å². The Hall–Kier alpha value is -1.81. The van der Waals surface area contributed by atoms with E-state index in [1.54, 1.807) is 14.2 Å². The van der Waals surface area contributed by atoms with Gasteiger partial charge in [0.25, 0.3) is 0 Å². The predicted octanol–water partition coefficient (Wildman–Crippen LogP) is 3.25. The van der Waals surface area contributed by atoms with Gasteiger partial charge in [-0.25, -0.2) is 0 Å². The summed E-state index contributed by atoms with van der Waals surface area (Å²) in [7, 11) is 3.27. The van der Waals surface area contributed by atoms with Crippen molar-refractivity contribution in [2.24, 2.45) is 5.41 Å². The highest BCUT2D eigenvalue weighted by Gasteiger charge is 2.59. The summed E-state index contributed by atoms with van der Waals surface area (Å²) in [4.78, 5) is 12.5. The van der Waals surface area contributed by atoms with E-state index in [1.165, 1.54) is 0 Å². The van der Waals surface area contributed by atoms with Crippen molar-refractivity contribution in [3.8, 4) is 5.75 Å². The van der Waals surface area contributed by atoms with E-state index in [9.17, 15) is 4.79 Å². The summed E-state index contributed by atoms with van der Waals surface area (Å²) in [5.74, 6) is -0.0695. The minimum absolute atomic E-state index is 0.150. The van der Waals surface area contributed by atoms with E-state index in [-0.39, 0.29) is 5.97 Å². The largest absolute Gasteiger partial charge is 0.497 e. The summed E-state index contributed by atoms with van der Waals surface area (Å²) in [6.45, 7) is 2.03. The van der Waals surface area contributed by atoms with Gasteiger partial charge < -0.3 is 14.2 Å². The van der Waals surface area contributed by atoms with Crippen LogP contribution in [0.4, 0.5) is 0 Å². The lowest BCUT2D eigenvalue weighted by Gasteiger charge is -2.33. The van der Waals surface area contributed by atoms with Gasteiger partial charge in [-0.15, -0.1) is 0 Å². The van der Waals surface area contributed by atoms with Gasteiger partial charge in [0.2, 0.25) is 5.79 Å². The normalized spacial score (nSPS) is 30.0. The molecular weight excluding hydrogens is 280 g/mol. The van der Waals surface area contributed by atoms with Crippen LogP contribution in [-0.2, 0) is 20.7 Å². The summed E-state index contributed by atoms with van der Waals surface area (Å²) < 4.78 is 16.3. The maximum absolute atomic E-state index is 12.5. The molecule has 1 aromatic carbocycles. The van der Waals surface area contributed by atoms with Crippen molar-refractivity contribution in [3.63, 3.8) is 0 Å². The van der Waals surface area contributed by atoms with Crippen LogP contribution in [0.2, 0.25) is 0 Å². The first-order chi connectivity index (χ1) is 10.5. The highest BCUT2D eigenvalue weighted by Crippen LogP contribution is 2.53. The molecule has 0 spiro atoms. The molecule has 2 unspecified atom stereocenters. The van der Waals surface area contributed by atoms with Gasteiger partial charge in [-0.1, -0.05) is 23.8 Å².